The summed E-state index contributed by atoms with van der Waals surface area (Å²) in [5.41, 5.74) is 0.0699. The highest BCUT2D eigenvalue weighted by Crippen LogP contribution is 2.55. The van der Waals surface area contributed by atoms with Crippen molar-refractivity contribution in [2.24, 2.45) is 35.0 Å². The van der Waals surface area contributed by atoms with E-state index in [1.165, 1.54) is 0 Å². The summed E-state index contributed by atoms with van der Waals surface area (Å²) in [6.45, 7) is 6.75. The highest BCUT2D eigenvalue weighted by Gasteiger charge is 2.54. The molecule has 6 nitrogen and oxygen atoms in total. The van der Waals surface area contributed by atoms with Crippen LogP contribution < -0.4 is 10.6 Å². The average molecular weight is 417 g/mol. The molecule has 0 aromatic carbocycles. The Bertz CT molecular complexity index is 759. The number of furan rings is 1. The Morgan fingerprint density at radius 1 is 1.27 bits per heavy atom. The van der Waals surface area contributed by atoms with Crippen LogP contribution >= 0.6 is 0 Å². The summed E-state index contributed by atoms with van der Waals surface area (Å²) < 4.78 is 5.29. The smallest absolute Gasteiger partial charge is 0.223 e. The van der Waals surface area contributed by atoms with Crippen molar-refractivity contribution in [1.29, 1.82) is 0 Å². The lowest BCUT2D eigenvalue weighted by molar-refractivity contribution is -0.144. The second-order valence-electron chi connectivity index (χ2n) is 10.2. The molecule has 30 heavy (non-hydrogen) atoms. The molecule has 6 heteroatoms. The van der Waals surface area contributed by atoms with Gasteiger partial charge in [0.15, 0.2) is 0 Å². The predicted molar refractivity (Wildman–Crippen MR) is 113 cm³/mol. The topological polar surface area (TPSA) is 91.6 Å². The van der Waals surface area contributed by atoms with Crippen molar-refractivity contribution >= 4 is 11.8 Å². The number of carbonyl (C=O) groups excluding carboxylic acids is 2. The maximum Gasteiger partial charge on any atom is 0.223 e. The van der Waals surface area contributed by atoms with E-state index < -0.39 is 6.10 Å². The highest BCUT2D eigenvalue weighted by atomic mass is 16.3. The summed E-state index contributed by atoms with van der Waals surface area (Å²) in [6.07, 6.45) is 6.93. The molecule has 0 unspecified atom stereocenters. The van der Waals surface area contributed by atoms with Crippen LogP contribution in [0.1, 0.15) is 65.1 Å². The molecule has 1 aromatic heterocycles. The molecule has 1 heterocycles. The number of nitrogens with one attached hydrogen (secondary N) is 2. The number of aliphatic hydroxyl groups is 1. The van der Waals surface area contributed by atoms with Gasteiger partial charge in [0.1, 0.15) is 5.76 Å². The maximum absolute atomic E-state index is 12.8. The van der Waals surface area contributed by atoms with Crippen molar-refractivity contribution in [2.45, 2.75) is 78.0 Å². The summed E-state index contributed by atoms with van der Waals surface area (Å²) in [6, 6.07) is 3.76. The van der Waals surface area contributed by atoms with Crippen molar-refractivity contribution in [2.75, 3.05) is 0 Å². The van der Waals surface area contributed by atoms with Gasteiger partial charge in [-0.05, 0) is 73.8 Å². The molecule has 3 aliphatic rings. The number of carbonyl (C=O) groups is 2. The van der Waals surface area contributed by atoms with Crippen LogP contribution in [-0.4, -0.2) is 29.1 Å². The summed E-state index contributed by atoms with van der Waals surface area (Å²) in [5.74, 6) is 1.02. The second-order valence-corrected chi connectivity index (χ2v) is 10.2. The van der Waals surface area contributed by atoms with E-state index in [1.54, 1.807) is 12.3 Å². The first-order valence-electron chi connectivity index (χ1n) is 11.6. The first-order chi connectivity index (χ1) is 14.3. The van der Waals surface area contributed by atoms with Crippen LogP contribution in [0.5, 0.6) is 0 Å². The van der Waals surface area contributed by atoms with Crippen molar-refractivity contribution in [3.63, 3.8) is 0 Å². The third kappa shape index (κ3) is 4.16. The third-order valence-corrected chi connectivity index (χ3v) is 8.24. The van der Waals surface area contributed by atoms with Crippen LogP contribution in [0, 0.1) is 35.0 Å². The molecule has 166 valence electrons. The zero-order chi connectivity index (χ0) is 21.5. The number of hydrogen-bond acceptors (Lipinski definition) is 4. The van der Waals surface area contributed by atoms with E-state index in [0.717, 1.165) is 44.3 Å². The Balaban J connectivity index is 1.41. The van der Waals surface area contributed by atoms with Crippen LogP contribution in [-0.2, 0) is 16.1 Å². The summed E-state index contributed by atoms with van der Waals surface area (Å²) in [5, 5.41) is 17.6. The molecule has 0 bridgehead atoms. The Morgan fingerprint density at radius 3 is 2.67 bits per heavy atom. The van der Waals surface area contributed by atoms with Crippen LogP contribution in [0.2, 0.25) is 0 Å². The van der Waals surface area contributed by atoms with Gasteiger partial charge in [-0.3, -0.25) is 9.59 Å². The predicted octanol–water partition coefficient (Wildman–Crippen LogP) is 3.25. The molecular weight excluding hydrogens is 380 g/mol. The molecule has 3 saturated carbocycles. The fourth-order valence-electron chi connectivity index (χ4n) is 6.09. The van der Waals surface area contributed by atoms with Gasteiger partial charge in [0.25, 0.3) is 0 Å². The number of hydrogen-bond donors (Lipinski definition) is 3. The fraction of sp³-hybridized carbons (Fsp3) is 0.750. The van der Waals surface area contributed by atoms with E-state index in [9.17, 15) is 14.7 Å². The minimum absolute atomic E-state index is 0.0406. The van der Waals surface area contributed by atoms with Gasteiger partial charge in [0.05, 0.1) is 18.9 Å². The molecule has 0 aliphatic heterocycles. The van der Waals surface area contributed by atoms with Crippen molar-refractivity contribution in [3.05, 3.63) is 24.2 Å². The zero-order valence-electron chi connectivity index (χ0n) is 18.4. The third-order valence-electron chi connectivity index (χ3n) is 8.24. The van der Waals surface area contributed by atoms with Gasteiger partial charge in [-0.25, -0.2) is 0 Å². The molecule has 0 spiro atoms. The van der Waals surface area contributed by atoms with Gasteiger partial charge in [-0.2, -0.15) is 0 Å². The van der Waals surface area contributed by atoms with Crippen LogP contribution in [0.15, 0.2) is 22.8 Å². The molecule has 2 amide bonds. The van der Waals surface area contributed by atoms with Crippen molar-refractivity contribution < 1.29 is 19.1 Å². The Kier molecular flexibility index (Phi) is 5.97. The second kappa shape index (κ2) is 8.37. The Hall–Kier alpha value is -1.82. The van der Waals surface area contributed by atoms with E-state index in [1.807, 2.05) is 13.0 Å². The maximum atomic E-state index is 12.8. The van der Waals surface area contributed by atoms with Gasteiger partial charge < -0.3 is 20.2 Å². The average Bonchev–Trinajstić information content (AvgIpc) is 3.44. The van der Waals surface area contributed by atoms with Gasteiger partial charge in [-0.15, -0.1) is 0 Å². The van der Waals surface area contributed by atoms with E-state index in [2.05, 4.69) is 24.5 Å². The van der Waals surface area contributed by atoms with Crippen molar-refractivity contribution in [3.8, 4) is 0 Å². The first-order valence-corrected chi connectivity index (χ1v) is 11.6. The van der Waals surface area contributed by atoms with Gasteiger partial charge in [0, 0.05) is 17.9 Å². The van der Waals surface area contributed by atoms with E-state index in [0.29, 0.717) is 6.54 Å². The summed E-state index contributed by atoms with van der Waals surface area (Å²) >= 11 is 0. The molecular formula is C24H36N2O4. The highest BCUT2D eigenvalue weighted by molar-refractivity contribution is 5.81. The number of rotatable bonds is 6. The fourth-order valence-corrected chi connectivity index (χ4v) is 6.09. The lowest BCUT2D eigenvalue weighted by Crippen LogP contribution is -2.58. The van der Waals surface area contributed by atoms with Crippen LogP contribution in [0.25, 0.3) is 0 Å². The van der Waals surface area contributed by atoms with Crippen molar-refractivity contribution in [1.82, 2.24) is 10.6 Å². The molecule has 3 N–H and O–H groups in total. The van der Waals surface area contributed by atoms with Crippen LogP contribution in [0.4, 0.5) is 0 Å². The Labute approximate surface area is 179 Å². The lowest BCUT2D eigenvalue weighted by atomic mass is 9.51. The van der Waals surface area contributed by atoms with Gasteiger partial charge >= 0.3 is 0 Å². The van der Waals surface area contributed by atoms with Crippen LogP contribution in [0.3, 0.4) is 0 Å². The van der Waals surface area contributed by atoms with E-state index in [-0.39, 0.29) is 52.9 Å². The summed E-state index contributed by atoms with van der Waals surface area (Å²) in [4.78, 5) is 25.1. The number of aliphatic hydroxyl groups excluding tert-OH is 1. The minimum Gasteiger partial charge on any atom is -0.467 e. The van der Waals surface area contributed by atoms with Gasteiger partial charge in [-0.1, -0.05) is 20.8 Å². The molecule has 3 fully saturated rings. The van der Waals surface area contributed by atoms with Gasteiger partial charge in [0.2, 0.25) is 11.8 Å². The molecule has 4 rings (SSSR count). The molecule has 3 aliphatic carbocycles. The first kappa shape index (κ1) is 21.4. The monoisotopic (exact) mass is 416 g/mol. The largest absolute Gasteiger partial charge is 0.467 e. The molecule has 7 atom stereocenters. The van der Waals surface area contributed by atoms with E-state index in [4.69, 9.17) is 4.42 Å². The standard InChI is InChI=1S/C24H36N2O4/c1-14(22(28)25-13-17-5-4-12-30-17)18-8-10-24(3)11-9-19(15(2)20(24)21(18)27)26-23(29)16-6-7-16/h4-5,12,14-16,18-21,27H,6-11,13H2,1-3H3,(H,25,28)(H,26,29)/t14-,15+,18-,19-,20+,21-,24-/m0/s1. The summed E-state index contributed by atoms with van der Waals surface area (Å²) in [7, 11) is 0. The lowest BCUT2D eigenvalue weighted by Gasteiger charge is -2.56. The minimum atomic E-state index is -0.538. The normalized spacial score (nSPS) is 37.1. The SMILES string of the molecule is C[C@H]1[C@@H]2[C@@H](O)[C@H]([C@H](C)C(=O)NCc3ccco3)CC[C@@]2(C)CC[C@@H]1NC(=O)C1CC1. The zero-order valence-corrected chi connectivity index (χ0v) is 18.4. The van der Waals surface area contributed by atoms with E-state index >= 15 is 0 Å². The number of fused-ring (bicyclic) bond motifs is 1. The Morgan fingerprint density at radius 2 is 2.00 bits per heavy atom. The quantitative estimate of drug-likeness (QED) is 0.664. The number of amides is 2. The molecule has 1 aromatic rings. The molecule has 0 radical (unpaired) electrons. The molecule has 0 saturated heterocycles.